The molecule has 0 saturated carbocycles. The average Bonchev–Trinajstić information content (AvgIpc) is 2.61. The highest BCUT2D eigenvalue weighted by Crippen LogP contribution is 2.17. The number of ether oxygens (including phenoxy) is 2. The molecule has 0 spiro atoms. The Hall–Kier alpha value is -2.53. The zero-order valence-corrected chi connectivity index (χ0v) is 14.9. The lowest BCUT2D eigenvalue weighted by Gasteiger charge is -2.15. The Labute approximate surface area is 151 Å². The summed E-state index contributed by atoms with van der Waals surface area (Å²) in [5.41, 5.74) is 1.21. The Morgan fingerprint density at radius 3 is 2.64 bits per heavy atom. The van der Waals surface area contributed by atoms with Crippen LogP contribution in [0.3, 0.4) is 0 Å². The summed E-state index contributed by atoms with van der Waals surface area (Å²) in [5.74, 6) is -0.281. The third kappa shape index (κ3) is 5.50. The fraction of sp³-hybridized carbons (Fsp3) is 0.263. The van der Waals surface area contributed by atoms with Crippen LogP contribution >= 0.6 is 11.6 Å². The molecular weight excluding hydrogens is 342 g/mol. The number of nitrogens with one attached hydrogen (secondary N) is 1. The van der Waals surface area contributed by atoms with Gasteiger partial charge in [-0.05, 0) is 43.7 Å². The Kier molecular flexibility index (Phi) is 6.83. The predicted octanol–water partition coefficient (Wildman–Crippen LogP) is 3.60. The molecule has 25 heavy (non-hydrogen) atoms. The second-order valence-corrected chi connectivity index (χ2v) is 5.72. The minimum absolute atomic E-state index is 0.276. The number of carbonyl (C=O) groups is 2. The van der Waals surface area contributed by atoms with E-state index in [-0.39, 0.29) is 5.91 Å². The van der Waals surface area contributed by atoms with E-state index in [2.05, 4.69) is 5.32 Å². The number of amides is 1. The van der Waals surface area contributed by atoms with Crippen LogP contribution in [0.4, 0.5) is 0 Å². The molecule has 0 heterocycles. The second kappa shape index (κ2) is 9.08. The Morgan fingerprint density at radius 2 is 1.92 bits per heavy atom. The number of hydrogen-bond donors (Lipinski definition) is 1. The maximum atomic E-state index is 12.2. The number of halogens is 1. The lowest BCUT2D eigenvalue weighted by atomic mass is 10.2. The van der Waals surface area contributed by atoms with Crippen molar-refractivity contribution in [1.29, 1.82) is 0 Å². The van der Waals surface area contributed by atoms with E-state index in [9.17, 15) is 9.59 Å². The summed E-state index contributed by atoms with van der Waals surface area (Å²) in [6.07, 6.45) is -0.722. The molecule has 0 aliphatic heterocycles. The van der Waals surface area contributed by atoms with Crippen molar-refractivity contribution in [2.75, 3.05) is 6.61 Å². The maximum absolute atomic E-state index is 12.2. The summed E-state index contributed by atoms with van der Waals surface area (Å²) in [7, 11) is 0. The van der Waals surface area contributed by atoms with Crippen molar-refractivity contribution >= 4 is 23.5 Å². The summed E-state index contributed by atoms with van der Waals surface area (Å²) in [6.45, 7) is 3.99. The molecule has 0 fully saturated rings. The van der Waals surface area contributed by atoms with Gasteiger partial charge in [0.2, 0.25) is 0 Å². The van der Waals surface area contributed by atoms with Crippen molar-refractivity contribution in [3.05, 3.63) is 64.7 Å². The van der Waals surface area contributed by atoms with E-state index < -0.39 is 12.1 Å². The van der Waals surface area contributed by atoms with E-state index in [0.29, 0.717) is 29.5 Å². The van der Waals surface area contributed by atoms with Gasteiger partial charge in [-0.25, -0.2) is 4.79 Å². The highest BCUT2D eigenvalue weighted by molar-refractivity contribution is 6.31. The predicted molar refractivity (Wildman–Crippen MR) is 95.8 cm³/mol. The summed E-state index contributed by atoms with van der Waals surface area (Å²) in [6, 6.07) is 13.8. The Balaban J connectivity index is 1.93. The molecule has 0 aliphatic carbocycles. The van der Waals surface area contributed by atoms with Crippen LogP contribution < -0.4 is 10.1 Å². The van der Waals surface area contributed by atoms with E-state index in [1.165, 1.54) is 0 Å². The minimum atomic E-state index is -0.722. The van der Waals surface area contributed by atoms with Crippen molar-refractivity contribution < 1.29 is 19.1 Å². The minimum Gasteiger partial charge on any atom is -0.481 e. The van der Waals surface area contributed by atoms with E-state index in [1.807, 2.05) is 18.2 Å². The second-order valence-electron chi connectivity index (χ2n) is 5.32. The average molecular weight is 362 g/mol. The molecule has 0 radical (unpaired) electrons. The SMILES string of the molecule is CCOC(=O)c1cccc(O[C@H](C)C(=O)NCc2ccccc2Cl)c1. The smallest absolute Gasteiger partial charge is 0.338 e. The van der Waals surface area contributed by atoms with Gasteiger partial charge in [-0.1, -0.05) is 35.9 Å². The summed E-state index contributed by atoms with van der Waals surface area (Å²) in [4.78, 5) is 23.9. The number of carbonyl (C=O) groups excluding carboxylic acids is 2. The molecule has 0 aromatic heterocycles. The molecule has 2 rings (SSSR count). The summed E-state index contributed by atoms with van der Waals surface area (Å²) >= 11 is 6.06. The molecule has 2 aromatic rings. The van der Waals surface area contributed by atoms with Crippen LogP contribution in [0, 0.1) is 0 Å². The van der Waals surface area contributed by atoms with Gasteiger partial charge in [0.05, 0.1) is 12.2 Å². The van der Waals surface area contributed by atoms with Gasteiger partial charge in [0.1, 0.15) is 5.75 Å². The van der Waals surface area contributed by atoms with Crippen LogP contribution in [0.25, 0.3) is 0 Å². The zero-order valence-electron chi connectivity index (χ0n) is 14.1. The van der Waals surface area contributed by atoms with E-state index >= 15 is 0 Å². The fourth-order valence-electron chi connectivity index (χ4n) is 2.14. The Bertz CT molecular complexity index is 748. The van der Waals surface area contributed by atoms with Gasteiger partial charge in [0, 0.05) is 11.6 Å². The molecule has 6 heteroatoms. The van der Waals surface area contributed by atoms with Gasteiger partial charge in [-0.15, -0.1) is 0 Å². The van der Waals surface area contributed by atoms with E-state index in [1.54, 1.807) is 44.2 Å². The first kappa shape index (κ1) is 18.8. The van der Waals surface area contributed by atoms with Gasteiger partial charge in [-0.3, -0.25) is 4.79 Å². The number of esters is 1. The fourth-order valence-corrected chi connectivity index (χ4v) is 2.34. The van der Waals surface area contributed by atoms with Crippen LogP contribution in [0.5, 0.6) is 5.75 Å². The van der Waals surface area contributed by atoms with Crippen molar-refractivity contribution in [3.8, 4) is 5.75 Å². The highest BCUT2D eigenvalue weighted by Gasteiger charge is 2.16. The van der Waals surface area contributed by atoms with Crippen LogP contribution in [-0.4, -0.2) is 24.6 Å². The van der Waals surface area contributed by atoms with Gasteiger partial charge >= 0.3 is 5.97 Å². The molecule has 0 bridgehead atoms. The topological polar surface area (TPSA) is 64.6 Å². The first-order valence-corrected chi connectivity index (χ1v) is 8.34. The maximum Gasteiger partial charge on any atom is 0.338 e. The van der Waals surface area contributed by atoms with Crippen molar-refractivity contribution in [2.24, 2.45) is 0 Å². The largest absolute Gasteiger partial charge is 0.481 e. The van der Waals surface area contributed by atoms with E-state index in [4.69, 9.17) is 21.1 Å². The molecule has 5 nitrogen and oxygen atoms in total. The van der Waals surface area contributed by atoms with Crippen molar-refractivity contribution in [3.63, 3.8) is 0 Å². The molecule has 132 valence electrons. The molecule has 1 N–H and O–H groups in total. The molecule has 0 saturated heterocycles. The number of hydrogen-bond acceptors (Lipinski definition) is 4. The highest BCUT2D eigenvalue weighted by atomic mass is 35.5. The zero-order chi connectivity index (χ0) is 18.2. The van der Waals surface area contributed by atoms with Gasteiger partial charge < -0.3 is 14.8 Å². The van der Waals surface area contributed by atoms with Gasteiger partial charge in [0.25, 0.3) is 5.91 Å². The van der Waals surface area contributed by atoms with E-state index in [0.717, 1.165) is 5.56 Å². The Morgan fingerprint density at radius 1 is 1.16 bits per heavy atom. The molecule has 2 aromatic carbocycles. The summed E-state index contributed by atoms with van der Waals surface area (Å²) < 4.78 is 10.6. The lowest BCUT2D eigenvalue weighted by Crippen LogP contribution is -2.36. The van der Waals surface area contributed by atoms with Crippen LogP contribution in [0.1, 0.15) is 29.8 Å². The third-order valence-electron chi connectivity index (χ3n) is 3.44. The molecule has 1 atom stereocenters. The standard InChI is InChI=1S/C19H20ClNO4/c1-3-24-19(23)14-8-6-9-16(11-14)25-13(2)18(22)21-12-15-7-4-5-10-17(15)20/h4-11,13H,3,12H2,1-2H3,(H,21,22)/t13-/m1/s1. The molecule has 0 unspecified atom stereocenters. The van der Waals surface area contributed by atoms with Gasteiger partial charge in [-0.2, -0.15) is 0 Å². The lowest BCUT2D eigenvalue weighted by molar-refractivity contribution is -0.127. The van der Waals surface area contributed by atoms with Gasteiger partial charge in [0.15, 0.2) is 6.10 Å². The van der Waals surface area contributed by atoms with Crippen molar-refractivity contribution in [2.45, 2.75) is 26.5 Å². The molecular formula is C19H20ClNO4. The normalized spacial score (nSPS) is 11.5. The van der Waals surface area contributed by atoms with Crippen LogP contribution in [0.15, 0.2) is 48.5 Å². The van der Waals surface area contributed by atoms with Crippen molar-refractivity contribution in [1.82, 2.24) is 5.32 Å². The monoisotopic (exact) mass is 361 g/mol. The molecule has 0 aliphatic rings. The number of rotatable bonds is 7. The molecule has 1 amide bonds. The van der Waals surface area contributed by atoms with Crippen LogP contribution in [-0.2, 0) is 16.1 Å². The quantitative estimate of drug-likeness (QED) is 0.765. The first-order chi connectivity index (χ1) is 12.0. The third-order valence-corrected chi connectivity index (χ3v) is 3.81. The summed E-state index contributed by atoms with van der Waals surface area (Å²) in [5, 5.41) is 3.37. The van der Waals surface area contributed by atoms with Crippen LogP contribution in [0.2, 0.25) is 5.02 Å². The first-order valence-electron chi connectivity index (χ1n) is 7.96. The number of benzene rings is 2.